The molecular formula is C14H23N5OS. The smallest absolute Gasteiger partial charge is 0.205 e. The van der Waals surface area contributed by atoms with E-state index in [1.165, 1.54) is 11.5 Å². The topological polar surface area (TPSA) is 66.9 Å². The third-order valence-corrected chi connectivity index (χ3v) is 3.99. The quantitative estimate of drug-likeness (QED) is 0.887. The molecule has 0 saturated heterocycles. The molecular weight excluding hydrogens is 286 g/mol. The number of hydrogen-bond acceptors (Lipinski definition) is 6. The lowest BCUT2D eigenvalue weighted by atomic mass is 9.92. The maximum Gasteiger partial charge on any atom is 0.205 e. The van der Waals surface area contributed by atoms with Gasteiger partial charge in [-0.25, -0.2) is 4.98 Å². The lowest BCUT2D eigenvalue weighted by molar-refractivity contribution is 0.201. The van der Waals surface area contributed by atoms with Crippen molar-refractivity contribution in [3.63, 3.8) is 0 Å². The van der Waals surface area contributed by atoms with Gasteiger partial charge in [-0.2, -0.15) is 9.47 Å². The Labute approximate surface area is 129 Å². The zero-order valence-corrected chi connectivity index (χ0v) is 14.1. The number of methoxy groups -OCH3 is 1. The van der Waals surface area contributed by atoms with Crippen molar-refractivity contribution in [3.8, 4) is 0 Å². The molecule has 0 fully saturated rings. The standard InChI is InChI=1S/C14H23N5OS/c1-14(2,3)11-8-10(16-17-11)9-19(4)13-15-12(18-21-13)6-7-20-5/h8H,6-7,9H2,1-5H3,(H,16,17). The minimum absolute atomic E-state index is 0.0589. The summed E-state index contributed by atoms with van der Waals surface area (Å²) >= 11 is 1.41. The fourth-order valence-corrected chi connectivity index (χ4v) is 2.51. The first-order valence-corrected chi connectivity index (χ1v) is 7.75. The van der Waals surface area contributed by atoms with Crippen LogP contribution in [0, 0.1) is 0 Å². The third kappa shape index (κ3) is 4.25. The predicted octanol–water partition coefficient (Wildman–Crippen LogP) is 2.38. The molecule has 0 unspecified atom stereocenters. The van der Waals surface area contributed by atoms with E-state index in [1.54, 1.807) is 7.11 Å². The van der Waals surface area contributed by atoms with Crippen molar-refractivity contribution < 1.29 is 4.74 Å². The summed E-state index contributed by atoms with van der Waals surface area (Å²) in [7, 11) is 3.70. The first-order chi connectivity index (χ1) is 9.90. The highest BCUT2D eigenvalue weighted by atomic mass is 32.1. The number of aromatic amines is 1. The van der Waals surface area contributed by atoms with Crippen molar-refractivity contribution in [2.75, 3.05) is 25.7 Å². The molecule has 2 aromatic rings. The van der Waals surface area contributed by atoms with Crippen LogP contribution in [0.1, 0.15) is 38.0 Å². The third-order valence-electron chi connectivity index (χ3n) is 3.12. The molecule has 1 N–H and O–H groups in total. The number of nitrogens with zero attached hydrogens (tertiary/aromatic N) is 4. The molecule has 0 aromatic carbocycles. The summed E-state index contributed by atoms with van der Waals surface area (Å²) in [5.41, 5.74) is 2.21. The van der Waals surface area contributed by atoms with Crippen LogP contribution in [0.5, 0.6) is 0 Å². The monoisotopic (exact) mass is 309 g/mol. The van der Waals surface area contributed by atoms with Gasteiger partial charge in [0.05, 0.1) is 24.5 Å². The number of ether oxygens (including phenoxy) is 1. The van der Waals surface area contributed by atoms with Crippen molar-refractivity contribution in [3.05, 3.63) is 23.3 Å². The fourth-order valence-electron chi connectivity index (χ4n) is 1.84. The Morgan fingerprint density at radius 2 is 2.14 bits per heavy atom. The Balaban J connectivity index is 1.99. The van der Waals surface area contributed by atoms with E-state index >= 15 is 0 Å². The van der Waals surface area contributed by atoms with Gasteiger partial charge in [0.25, 0.3) is 0 Å². The largest absolute Gasteiger partial charge is 0.384 e. The van der Waals surface area contributed by atoms with Crippen LogP contribution in [0.2, 0.25) is 0 Å². The molecule has 6 nitrogen and oxygen atoms in total. The van der Waals surface area contributed by atoms with Crippen LogP contribution in [0.4, 0.5) is 5.13 Å². The molecule has 0 spiro atoms. The van der Waals surface area contributed by atoms with E-state index in [1.807, 2.05) is 7.05 Å². The van der Waals surface area contributed by atoms with E-state index in [-0.39, 0.29) is 5.41 Å². The molecule has 0 amide bonds. The van der Waals surface area contributed by atoms with Crippen LogP contribution >= 0.6 is 11.5 Å². The van der Waals surface area contributed by atoms with Crippen LogP contribution in [-0.4, -0.2) is 40.3 Å². The van der Waals surface area contributed by atoms with E-state index in [0.717, 1.165) is 35.3 Å². The maximum atomic E-state index is 5.04. The SMILES string of the molecule is COCCc1nsc(N(C)Cc2cc(C(C)(C)C)n[nH]2)n1. The second-order valence-electron chi connectivity index (χ2n) is 6.12. The van der Waals surface area contributed by atoms with Gasteiger partial charge in [0.2, 0.25) is 5.13 Å². The Morgan fingerprint density at radius 1 is 1.38 bits per heavy atom. The molecule has 2 rings (SSSR count). The van der Waals surface area contributed by atoms with Crippen LogP contribution in [-0.2, 0) is 23.1 Å². The number of nitrogens with one attached hydrogen (secondary N) is 1. The van der Waals surface area contributed by atoms with Crippen molar-refractivity contribution >= 4 is 16.7 Å². The molecule has 2 aromatic heterocycles. The van der Waals surface area contributed by atoms with E-state index in [0.29, 0.717) is 6.61 Å². The molecule has 0 saturated carbocycles. The lowest BCUT2D eigenvalue weighted by Crippen LogP contribution is -2.16. The van der Waals surface area contributed by atoms with Gasteiger partial charge >= 0.3 is 0 Å². The molecule has 0 aliphatic rings. The number of aromatic nitrogens is 4. The zero-order valence-electron chi connectivity index (χ0n) is 13.3. The molecule has 0 aliphatic heterocycles. The first-order valence-electron chi connectivity index (χ1n) is 6.97. The number of rotatable bonds is 6. The van der Waals surface area contributed by atoms with Crippen molar-refractivity contribution in [1.82, 2.24) is 19.6 Å². The summed E-state index contributed by atoms with van der Waals surface area (Å²) < 4.78 is 9.39. The molecule has 0 radical (unpaired) electrons. The number of hydrogen-bond donors (Lipinski definition) is 1. The average molecular weight is 309 g/mol. The van der Waals surface area contributed by atoms with Crippen molar-refractivity contribution in [1.29, 1.82) is 0 Å². The van der Waals surface area contributed by atoms with Crippen LogP contribution in [0.3, 0.4) is 0 Å². The van der Waals surface area contributed by atoms with E-state index < -0.39 is 0 Å². The van der Waals surface area contributed by atoms with Gasteiger partial charge in [-0.1, -0.05) is 20.8 Å². The molecule has 0 atom stereocenters. The molecule has 0 bridgehead atoms. The van der Waals surface area contributed by atoms with Crippen LogP contribution < -0.4 is 4.90 Å². The van der Waals surface area contributed by atoms with E-state index in [2.05, 4.69) is 51.3 Å². The fraction of sp³-hybridized carbons (Fsp3) is 0.643. The summed E-state index contributed by atoms with van der Waals surface area (Å²) in [6.07, 6.45) is 0.749. The lowest BCUT2D eigenvalue weighted by Gasteiger charge is -2.14. The highest BCUT2D eigenvalue weighted by Crippen LogP contribution is 2.22. The minimum atomic E-state index is 0.0589. The Kier molecular flexibility index (Phi) is 4.95. The van der Waals surface area contributed by atoms with Gasteiger partial charge in [-0.15, -0.1) is 0 Å². The summed E-state index contributed by atoms with van der Waals surface area (Å²) in [5, 5.41) is 8.39. The van der Waals surface area contributed by atoms with Gasteiger partial charge < -0.3 is 9.64 Å². The summed E-state index contributed by atoms with van der Waals surface area (Å²) in [6.45, 7) is 7.86. The molecule has 21 heavy (non-hydrogen) atoms. The second-order valence-corrected chi connectivity index (χ2v) is 6.85. The highest BCUT2D eigenvalue weighted by Gasteiger charge is 2.18. The summed E-state index contributed by atoms with van der Waals surface area (Å²) in [4.78, 5) is 6.60. The summed E-state index contributed by atoms with van der Waals surface area (Å²) in [6, 6.07) is 2.11. The molecule has 116 valence electrons. The number of H-pyrrole nitrogens is 1. The number of anilines is 1. The average Bonchev–Trinajstić information content (AvgIpc) is 3.04. The van der Waals surface area contributed by atoms with Gasteiger partial charge in [-0.05, 0) is 6.07 Å². The normalized spacial score (nSPS) is 11.9. The maximum absolute atomic E-state index is 5.04. The molecule has 2 heterocycles. The van der Waals surface area contributed by atoms with Gasteiger partial charge in [-0.3, -0.25) is 5.10 Å². The molecule has 0 aliphatic carbocycles. The predicted molar refractivity (Wildman–Crippen MR) is 84.9 cm³/mol. The highest BCUT2D eigenvalue weighted by molar-refractivity contribution is 7.09. The van der Waals surface area contributed by atoms with Crippen LogP contribution in [0.15, 0.2) is 6.07 Å². The van der Waals surface area contributed by atoms with Gasteiger partial charge in [0.15, 0.2) is 0 Å². The zero-order chi connectivity index (χ0) is 15.5. The summed E-state index contributed by atoms with van der Waals surface area (Å²) in [5.74, 6) is 0.837. The first kappa shape index (κ1) is 15.9. The molecule has 7 heteroatoms. The van der Waals surface area contributed by atoms with Gasteiger partial charge in [0, 0.05) is 37.5 Å². The van der Waals surface area contributed by atoms with Crippen LogP contribution in [0.25, 0.3) is 0 Å². The van der Waals surface area contributed by atoms with Crippen molar-refractivity contribution in [2.24, 2.45) is 0 Å². The van der Waals surface area contributed by atoms with E-state index in [9.17, 15) is 0 Å². The second kappa shape index (κ2) is 6.53. The Bertz CT molecular complexity index is 572. The van der Waals surface area contributed by atoms with E-state index in [4.69, 9.17) is 4.74 Å². The Morgan fingerprint density at radius 3 is 2.76 bits per heavy atom. The van der Waals surface area contributed by atoms with Crippen molar-refractivity contribution in [2.45, 2.75) is 39.2 Å². The Hall–Kier alpha value is -1.47. The minimum Gasteiger partial charge on any atom is -0.384 e. The van der Waals surface area contributed by atoms with Gasteiger partial charge in [0.1, 0.15) is 5.82 Å².